The molecule has 26 heavy (non-hydrogen) atoms. The molecule has 0 spiro atoms. The Hall–Kier alpha value is -2.29. The smallest absolute Gasteiger partial charge is 0.283 e. The highest BCUT2D eigenvalue weighted by atomic mass is 32.1. The van der Waals surface area contributed by atoms with Crippen LogP contribution in [0.25, 0.3) is 0 Å². The fraction of sp³-hybridized carbons (Fsp3) is 0.389. The Kier molecular flexibility index (Phi) is 5.65. The third-order valence-electron chi connectivity index (χ3n) is 4.50. The summed E-state index contributed by atoms with van der Waals surface area (Å²) in [5.41, 5.74) is 1.83. The van der Waals surface area contributed by atoms with Crippen molar-refractivity contribution in [3.63, 3.8) is 0 Å². The minimum absolute atomic E-state index is 0.0102. The summed E-state index contributed by atoms with van der Waals surface area (Å²) in [6, 6.07) is 9.10. The minimum atomic E-state index is -0.459. The Morgan fingerprint density at radius 2 is 2.00 bits per heavy atom. The van der Waals surface area contributed by atoms with Crippen LogP contribution in [-0.2, 0) is 6.54 Å². The maximum atomic E-state index is 12.4. The molecule has 1 saturated heterocycles. The molecule has 2 heterocycles. The van der Waals surface area contributed by atoms with Crippen LogP contribution in [0.3, 0.4) is 0 Å². The molecular weight excluding hydrogens is 352 g/mol. The molecule has 1 amide bonds. The molecule has 138 valence electrons. The first kappa shape index (κ1) is 18.5. The number of anilines is 1. The molecule has 1 aliphatic heterocycles. The van der Waals surface area contributed by atoms with Crippen LogP contribution in [0, 0.1) is 17.0 Å². The van der Waals surface area contributed by atoms with E-state index >= 15 is 0 Å². The van der Waals surface area contributed by atoms with Gasteiger partial charge < -0.3 is 10.2 Å². The van der Waals surface area contributed by atoms with Gasteiger partial charge in [0.2, 0.25) is 0 Å². The molecular formula is C18H22N4O3S. The van der Waals surface area contributed by atoms with Crippen LogP contribution in [0.4, 0.5) is 11.4 Å². The van der Waals surface area contributed by atoms with Crippen LogP contribution in [0.15, 0.2) is 30.3 Å². The fourth-order valence-corrected chi connectivity index (χ4v) is 3.85. The average Bonchev–Trinajstić information content (AvgIpc) is 3.00. The van der Waals surface area contributed by atoms with E-state index in [1.54, 1.807) is 6.92 Å². The van der Waals surface area contributed by atoms with E-state index in [-0.39, 0.29) is 11.6 Å². The van der Waals surface area contributed by atoms with E-state index < -0.39 is 4.92 Å². The van der Waals surface area contributed by atoms with E-state index in [1.165, 1.54) is 6.07 Å². The van der Waals surface area contributed by atoms with Gasteiger partial charge in [-0.15, -0.1) is 11.3 Å². The molecule has 8 heteroatoms. The van der Waals surface area contributed by atoms with Gasteiger partial charge in [-0.05, 0) is 31.7 Å². The minimum Gasteiger partial charge on any atom is -0.321 e. The van der Waals surface area contributed by atoms with Gasteiger partial charge in [0.25, 0.3) is 11.6 Å². The summed E-state index contributed by atoms with van der Waals surface area (Å²) in [4.78, 5) is 28.5. The van der Waals surface area contributed by atoms with Crippen molar-refractivity contribution in [2.45, 2.75) is 13.5 Å². The number of hydrogen-bond acceptors (Lipinski definition) is 6. The summed E-state index contributed by atoms with van der Waals surface area (Å²) >= 11 is 1.14. The zero-order valence-corrected chi connectivity index (χ0v) is 15.7. The van der Waals surface area contributed by atoms with Gasteiger partial charge in [-0.1, -0.05) is 12.1 Å². The molecule has 1 N–H and O–H groups in total. The number of hydrogen-bond donors (Lipinski definition) is 1. The summed E-state index contributed by atoms with van der Waals surface area (Å²) in [7, 11) is 2.13. The highest BCUT2D eigenvalue weighted by Gasteiger charge is 2.20. The molecule has 2 aromatic rings. The zero-order valence-electron chi connectivity index (χ0n) is 14.9. The lowest BCUT2D eigenvalue weighted by Gasteiger charge is -2.32. The largest absolute Gasteiger partial charge is 0.321 e. The van der Waals surface area contributed by atoms with Crippen molar-refractivity contribution in [2.75, 3.05) is 38.5 Å². The maximum absolute atomic E-state index is 12.4. The van der Waals surface area contributed by atoms with Gasteiger partial charge in [-0.25, -0.2) is 0 Å². The fourth-order valence-electron chi connectivity index (χ4n) is 2.97. The van der Waals surface area contributed by atoms with Crippen LogP contribution in [0.1, 0.15) is 20.1 Å². The summed E-state index contributed by atoms with van der Waals surface area (Å²) < 4.78 is 0. The predicted molar refractivity (Wildman–Crippen MR) is 103 cm³/mol. The molecule has 0 saturated carbocycles. The van der Waals surface area contributed by atoms with Gasteiger partial charge in [-0.2, -0.15) is 0 Å². The van der Waals surface area contributed by atoms with Gasteiger partial charge in [0.1, 0.15) is 0 Å². The number of nitrogens with one attached hydrogen (secondary N) is 1. The SMILES string of the molecule is Cc1sc(C(=O)Nc2cccc(CN3CCN(C)CC3)c2)cc1[N+](=O)[O-]. The number of piperazine rings is 1. The number of rotatable bonds is 5. The zero-order chi connectivity index (χ0) is 18.7. The topological polar surface area (TPSA) is 78.7 Å². The third kappa shape index (κ3) is 4.46. The molecule has 1 aliphatic rings. The highest BCUT2D eigenvalue weighted by Crippen LogP contribution is 2.28. The third-order valence-corrected chi connectivity index (χ3v) is 5.54. The van der Waals surface area contributed by atoms with Crippen LogP contribution in [0.5, 0.6) is 0 Å². The van der Waals surface area contributed by atoms with E-state index in [0.717, 1.165) is 49.6 Å². The van der Waals surface area contributed by atoms with Gasteiger partial charge >= 0.3 is 0 Å². The number of carbonyl (C=O) groups excluding carboxylic acids is 1. The second kappa shape index (κ2) is 7.94. The van der Waals surface area contributed by atoms with Crippen LogP contribution >= 0.6 is 11.3 Å². The summed E-state index contributed by atoms with van der Waals surface area (Å²) in [5, 5.41) is 13.8. The van der Waals surface area contributed by atoms with Crippen molar-refractivity contribution in [3.8, 4) is 0 Å². The Balaban J connectivity index is 1.65. The monoisotopic (exact) mass is 374 g/mol. The molecule has 7 nitrogen and oxygen atoms in total. The van der Waals surface area contributed by atoms with Crippen molar-refractivity contribution in [1.82, 2.24) is 9.80 Å². The number of nitro groups is 1. The number of carbonyl (C=O) groups is 1. The molecule has 1 aromatic carbocycles. The number of thiophene rings is 1. The normalized spacial score (nSPS) is 15.8. The van der Waals surface area contributed by atoms with Crippen molar-refractivity contribution in [3.05, 3.63) is 55.8 Å². The number of nitrogens with zero attached hydrogens (tertiary/aromatic N) is 3. The lowest BCUT2D eigenvalue weighted by Crippen LogP contribution is -2.43. The van der Waals surface area contributed by atoms with Crippen molar-refractivity contribution in [2.24, 2.45) is 0 Å². The molecule has 1 aromatic heterocycles. The summed E-state index contributed by atoms with van der Waals surface area (Å²) in [6.45, 7) is 6.69. The number of amides is 1. The van der Waals surface area contributed by atoms with E-state index in [1.807, 2.05) is 24.3 Å². The van der Waals surface area contributed by atoms with E-state index in [4.69, 9.17) is 0 Å². The quantitative estimate of drug-likeness (QED) is 0.643. The second-order valence-corrected chi connectivity index (χ2v) is 7.80. The number of likely N-dealkylation sites (N-methyl/N-ethyl adjacent to an activating group) is 1. The Morgan fingerprint density at radius 1 is 1.27 bits per heavy atom. The standard InChI is InChI=1S/C18H22N4O3S/c1-13-16(22(24)25)11-17(26-13)18(23)19-15-5-3-4-14(10-15)12-21-8-6-20(2)7-9-21/h3-5,10-11H,6-9,12H2,1-2H3,(H,19,23). The Bertz CT molecular complexity index is 813. The lowest BCUT2D eigenvalue weighted by molar-refractivity contribution is -0.385. The van der Waals surface area contributed by atoms with E-state index in [9.17, 15) is 14.9 Å². The lowest BCUT2D eigenvalue weighted by atomic mass is 10.1. The van der Waals surface area contributed by atoms with E-state index in [0.29, 0.717) is 15.4 Å². The molecule has 0 bridgehead atoms. The van der Waals surface area contributed by atoms with Crippen LogP contribution in [0.2, 0.25) is 0 Å². The highest BCUT2D eigenvalue weighted by molar-refractivity contribution is 7.14. The van der Waals surface area contributed by atoms with Gasteiger partial charge in [0.05, 0.1) is 14.7 Å². The first-order valence-corrected chi connectivity index (χ1v) is 9.30. The van der Waals surface area contributed by atoms with Gasteiger partial charge in [0, 0.05) is 44.5 Å². The van der Waals surface area contributed by atoms with Crippen molar-refractivity contribution < 1.29 is 9.72 Å². The van der Waals surface area contributed by atoms with Gasteiger partial charge in [0.15, 0.2) is 0 Å². The summed E-state index contributed by atoms with van der Waals surface area (Å²) in [5.74, 6) is -0.317. The summed E-state index contributed by atoms with van der Waals surface area (Å²) in [6.07, 6.45) is 0. The molecule has 1 fully saturated rings. The van der Waals surface area contributed by atoms with Crippen LogP contribution in [-0.4, -0.2) is 53.9 Å². The van der Waals surface area contributed by atoms with Crippen molar-refractivity contribution >= 4 is 28.6 Å². The van der Waals surface area contributed by atoms with Crippen molar-refractivity contribution in [1.29, 1.82) is 0 Å². The van der Waals surface area contributed by atoms with E-state index in [2.05, 4.69) is 22.2 Å². The predicted octanol–water partition coefficient (Wildman–Crippen LogP) is 2.96. The molecule has 0 atom stereocenters. The Morgan fingerprint density at radius 3 is 2.65 bits per heavy atom. The maximum Gasteiger partial charge on any atom is 0.283 e. The van der Waals surface area contributed by atoms with Crippen LogP contribution < -0.4 is 5.32 Å². The Labute approximate surface area is 156 Å². The second-order valence-electron chi connectivity index (χ2n) is 6.54. The first-order chi connectivity index (χ1) is 12.4. The molecule has 0 unspecified atom stereocenters. The first-order valence-electron chi connectivity index (χ1n) is 8.48. The molecule has 0 aliphatic carbocycles. The number of aryl methyl sites for hydroxylation is 1. The van der Waals surface area contributed by atoms with Gasteiger partial charge in [-0.3, -0.25) is 19.8 Å². The molecule has 3 rings (SSSR count). The molecule has 0 radical (unpaired) electrons. The number of benzene rings is 1. The average molecular weight is 374 g/mol.